The van der Waals surface area contributed by atoms with Crippen molar-refractivity contribution in [2.45, 2.75) is 26.2 Å². The van der Waals surface area contributed by atoms with Gasteiger partial charge in [0.05, 0.1) is 11.9 Å². The first kappa shape index (κ1) is 21.0. The number of nitrogens with zero attached hydrogens (tertiary/aromatic N) is 1. The van der Waals surface area contributed by atoms with Crippen molar-refractivity contribution in [2.24, 2.45) is 0 Å². The second kappa shape index (κ2) is 7.94. The minimum absolute atomic E-state index is 0.205. The van der Waals surface area contributed by atoms with Gasteiger partial charge >= 0.3 is 0 Å². The number of rotatable bonds is 7. The molecule has 0 aliphatic carbocycles. The van der Waals surface area contributed by atoms with Crippen LogP contribution in [0, 0.1) is 6.92 Å². The third-order valence-corrected chi connectivity index (χ3v) is 6.08. The van der Waals surface area contributed by atoms with Crippen LogP contribution in [0.3, 0.4) is 0 Å². The normalized spacial score (nSPS) is 13.2. The van der Waals surface area contributed by atoms with Crippen molar-refractivity contribution >= 4 is 21.6 Å². The van der Waals surface area contributed by atoms with Gasteiger partial charge in [-0.05, 0) is 36.2 Å². The van der Waals surface area contributed by atoms with Crippen molar-refractivity contribution in [3.63, 3.8) is 0 Å². The van der Waals surface area contributed by atoms with Gasteiger partial charge in [0, 0.05) is 12.0 Å². The van der Waals surface area contributed by atoms with Gasteiger partial charge in [0.25, 0.3) is 0 Å². The zero-order valence-corrected chi connectivity index (χ0v) is 17.9. The van der Waals surface area contributed by atoms with Gasteiger partial charge in [-0.25, -0.2) is 8.42 Å². The summed E-state index contributed by atoms with van der Waals surface area (Å²) in [4.78, 5) is 12.6. The molecular weight excluding hydrogens is 392 g/mol. The van der Waals surface area contributed by atoms with E-state index in [0.717, 1.165) is 21.7 Å². The van der Waals surface area contributed by atoms with Crippen molar-refractivity contribution in [3.8, 4) is 11.5 Å². The van der Waals surface area contributed by atoms with Crippen LogP contribution in [0.4, 0.5) is 5.69 Å². The molecule has 156 valence electrons. The monoisotopic (exact) mass is 418 g/mol. The molecular formula is C21H26N2O5S. The maximum absolute atomic E-state index is 12.6. The lowest BCUT2D eigenvalue weighted by atomic mass is 9.84. The molecule has 7 nitrogen and oxygen atoms in total. The average Bonchev–Trinajstić information content (AvgIpc) is 3.12. The van der Waals surface area contributed by atoms with Crippen molar-refractivity contribution in [1.29, 1.82) is 0 Å². The second-order valence-electron chi connectivity index (χ2n) is 7.78. The number of ether oxygens (including phenoxy) is 2. The highest BCUT2D eigenvalue weighted by molar-refractivity contribution is 7.92. The Morgan fingerprint density at radius 2 is 1.83 bits per heavy atom. The van der Waals surface area contributed by atoms with E-state index in [0.29, 0.717) is 23.7 Å². The summed E-state index contributed by atoms with van der Waals surface area (Å²) in [5, 5.41) is 2.86. The van der Waals surface area contributed by atoms with Crippen LogP contribution in [-0.4, -0.2) is 40.5 Å². The Bertz CT molecular complexity index is 1020. The van der Waals surface area contributed by atoms with Crippen LogP contribution in [0.1, 0.15) is 25.0 Å². The number of aryl methyl sites for hydroxylation is 1. The Morgan fingerprint density at radius 1 is 1.14 bits per heavy atom. The number of amides is 1. The average molecular weight is 419 g/mol. The van der Waals surface area contributed by atoms with Crippen LogP contribution in [0.2, 0.25) is 0 Å². The molecule has 0 saturated heterocycles. The van der Waals surface area contributed by atoms with Gasteiger partial charge in [-0.15, -0.1) is 0 Å². The standard InChI is InChI=1S/C21H26N2O5S/c1-15-7-5-6-8-17(15)23(29(4,25)26)12-20(24)22-13-21(2,3)16-9-10-18-19(11-16)28-14-27-18/h5-11H,12-14H2,1-4H3,(H,22,24). The summed E-state index contributed by atoms with van der Waals surface area (Å²) in [6.07, 6.45) is 1.10. The maximum Gasteiger partial charge on any atom is 0.240 e. The van der Waals surface area contributed by atoms with E-state index in [2.05, 4.69) is 5.32 Å². The summed E-state index contributed by atoms with van der Waals surface area (Å²) in [5.41, 5.74) is 1.89. The van der Waals surface area contributed by atoms with E-state index in [1.807, 2.05) is 51.1 Å². The summed E-state index contributed by atoms with van der Waals surface area (Å²) in [7, 11) is -3.61. The largest absolute Gasteiger partial charge is 0.454 e. The molecule has 1 N–H and O–H groups in total. The molecule has 2 aromatic rings. The Hall–Kier alpha value is -2.74. The highest BCUT2D eigenvalue weighted by atomic mass is 32.2. The van der Waals surface area contributed by atoms with E-state index in [4.69, 9.17) is 9.47 Å². The number of para-hydroxylation sites is 1. The first-order valence-electron chi connectivity index (χ1n) is 9.28. The number of hydrogen-bond acceptors (Lipinski definition) is 5. The zero-order chi connectivity index (χ0) is 21.2. The van der Waals surface area contributed by atoms with Crippen LogP contribution in [0.15, 0.2) is 42.5 Å². The van der Waals surface area contributed by atoms with Crippen LogP contribution in [0.5, 0.6) is 11.5 Å². The first-order valence-corrected chi connectivity index (χ1v) is 11.1. The molecule has 0 radical (unpaired) electrons. The Balaban J connectivity index is 1.70. The summed E-state index contributed by atoms with van der Waals surface area (Å²) < 4.78 is 36.4. The summed E-state index contributed by atoms with van der Waals surface area (Å²) in [6.45, 7) is 6.09. The number of carbonyl (C=O) groups excluding carboxylic acids is 1. The number of anilines is 1. The molecule has 29 heavy (non-hydrogen) atoms. The van der Waals surface area contributed by atoms with E-state index in [1.165, 1.54) is 0 Å². The zero-order valence-electron chi connectivity index (χ0n) is 17.1. The molecule has 0 unspecified atom stereocenters. The molecule has 8 heteroatoms. The Morgan fingerprint density at radius 3 is 2.52 bits per heavy atom. The third-order valence-electron chi connectivity index (χ3n) is 4.95. The van der Waals surface area contributed by atoms with Crippen molar-refractivity contribution < 1.29 is 22.7 Å². The van der Waals surface area contributed by atoms with Crippen molar-refractivity contribution in [2.75, 3.05) is 30.4 Å². The highest BCUT2D eigenvalue weighted by Gasteiger charge is 2.26. The van der Waals surface area contributed by atoms with Crippen molar-refractivity contribution in [3.05, 3.63) is 53.6 Å². The lowest BCUT2D eigenvalue weighted by Crippen LogP contribution is -2.44. The smallest absolute Gasteiger partial charge is 0.240 e. The van der Waals surface area contributed by atoms with Crippen LogP contribution < -0.4 is 19.1 Å². The predicted molar refractivity (Wildman–Crippen MR) is 112 cm³/mol. The number of fused-ring (bicyclic) bond motifs is 1. The molecule has 1 aliphatic rings. The van der Waals surface area contributed by atoms with Crippen LogP contribution in [0.25, 0.3) is 0 Å². The summed E-state index contributed by atoms with van der Waals surface area (Å²) in [5.74, 6) is 1.02. The molecule has 3 rings (SSSR count). The number of sulfonamides is 1. The molecule has 1 amide bonds. The van der Waals surface area contributed by atoms with Gasteiger partial charge < -0.3 is 14.8 Å². The number of nitrogens with one attached hydrogen (secondary N) is 1. The van der Waals surface area contributed by atoms with E-state index in [1.54, 1.807) is 12.1 Å². The lowest BCUT2D eigenvalue weighted by molar-refractivity contribution is -0.119. The highest BCUT2D eigenvalue weighted by Crippen LogP contribution is 2.36. The molecule has 0 spiro atoms. The molecule has 0 saturated carbocycles. The molecule has 1 aliphatic heterocycles. The summed E-state index contributed by atoms with van der Waals surface area (Å²) >= 11 is 0. The molecule has 1 heterocycles. The predicted octanol–water partition coefficient (Wildman–Crippen LogP) is 2.58. The van der Waals surface area contributed by atoms with Gasteiger partial charge in [-0.3, -0.25) is 9.10 Å². The third kappa shape index (κ3) is 4.82. The Kier molecular flexibility index (Phi) is 5.75. The minimum atomic E-state index is -3.61. The maximum atomic E-state index is 12.6. The number of carbonyl (C=O) groups is 1. The number of hydrogen-bond donors (Lipinski definition) is 1. The van der Waals surface area contributed by atoms with Gasteiger partial charge in [0.1, 0.15) is 6.54 Å². The molecule has 0 bridgehead atoms. The topological polar surface area (TPSA) is 84.9 Å². The molecule has 0 fully saturated rings. The van der Waals surface area contributed by atoms with Crippen LogP contribution in [-0.2, 0) is 20.2 Å². The quantitative estimate of drug-likeness (QED) is 0.747. The van der Waals surface area contributed by atoms with Gasteiger partial charge in [-0.2, -0.15) is 0 Å². The second-order valence-corrected chi connectivity index (χ2v) is 9.69. The van der Waals surface area contributed by atoms with E-state index in [9.17, 15) is 13.2 Å². The van der Waals surface area contributed by atoms with E-state index >= 15 is 0 Å². The van der Waals surface area contributed by atoms with E-state index in [-0.39, 0.29) is 24.7 Å². The summed E-state index contributed by atoms with van der Waals surface area (Å²) in [6, 6.07) is 12.8. The molecule has 0 aromatic heterocycles. The van der Waals surface area contributed by atoms with Gasteiger partial charge in [-0.1, -0.05) is 38.1 Å². The fourth-order valence-electron chi connectivity index (χ4n) is 3.15. The fraction of sp³-hybridized carbons (Fsp3) is 0.381. The first-order chi connectivity index (χ1) is 13.6. The number of benzene rings is 2. The van der Waals surface area contributed by atoms with Crippen LogP contribution >= 0.6 is 0 Å². The van der Waals surface area contributed by atoms with Gasteiger partial charge in [0.15, 0.2) is 11.5 Å². The fourth-order valence-corrected chi connectivity index (χ4v) is 4.06. The van der Waals surface area contributed by atoms with Crippen molar-refractivity contribution in [1.82, 2.24) is 5.32 Å². The molecule has 0 atom stereocenters. The van der Waals surface area contributed by atoms with E-state index < -0.39 is 10.0 Å². The lowest BCUT2D eigenvalue weighted by Gasteiger charge is -2.27. The Labute approximate surface area is 171 Å². The molecule has 2 aromatic carbocycles. The minimum Gasteiger partial charge on any atom is -0.454 e. The van der Waals surface area contributed by atoms with Gasteiger partial charge in [0.2, 0.25) is 22.7 Å². The SMILES string of the molecule is Cc1ccccc1N(CC(=O)NCC(C)(C)c1ccc2c(c1)OCO2)S(C)(=O)=O.